The van der Waals surface area contributed by atoms with E-state index in [1.54, 1.807) is 14.2 Å². The highest BCUT2D eigenvalue weighted by molar-refractivity contribution is 5.29. The normalized spacial score (nSPS) is 14.2. The molecule has 3 heteroatoms. The lowest BCUT2D eigenvalue weighted by molar-refractivity contribution is 0.158. The minimum Gasteiger partial charge on any atom is -0.497 e. The summed E-state index contributed by atoms with van der Waals surface area (Å²) in [6, 6.07) is 9.05. The smallest absolute Gasteiger partial charge is 0.118 e. The number of hydrogen-bond acceptors (Lipinski definition) is 3. The molecule has 0 aliphatic heterocycles. The van der Waals surface area contributed by atoms with E-state index >= 15 is 0 Å². The van der Waals surface area contributed by atoms with Crippen LogP contribution in [0.5, 0.6) is 5.75 Å². The van der Waals surface area contributed by atoms with Crippen molar-refractivity contribution in [2.45, 2.75) is 38.8 Å². The van der Waals surface area contributed by atoms with E-state index in [1.165, 1.54) is 5.56 Å². The minimum absolute atomic E-state index is 0.371. The summed E-state index contributed by atoms with van der Waals surface area (Å²) < 4.78 is 10.4. The van der Waals surface area contributed by atoms with Gasteiger partial charge < -0.3 is 14.8 Å². The Morgan fingerprint density at radius 3 is 2.17 bits per heavy atom. The van der Waals surface area contributed by atoms with Crippen LogP contribution in [0.4, 0.5) is 0 Å². The van der Waals surface area contributed by atoms with Crippen molar-refractivity contribution in [3.05, 3.63) is 29.8 Å². The van der Waals surface area contributed by atoms with Crippen LogP contribution in [0.15, 0.2) is 24.3 Å². The first-order valence-corrected chi connectivity index (χ1v) is 6.64. The summed E-state index contributed by atoms with van der Waals surface area (Å²) in [6.45, 7) is 5.13. The third-order valence-electron chi connectivity index (χ3n) is 3.22. The van der Waals surface area contributed by atoms with E-state index in [4.69, 9.17) is 9.47 Å². The lowest BCUT2D eigenvalue weighted by Gasteiger charge is -2.24. The molecule has 0 aliphatic carbocycles. The van der Waals surface area contributed by atoms with Crippen LogP contribution in [0.25, 0.3) is 0 Å². The molecule has 0 radical (unpaired) electrons. The van der Waals surface area contributed by atoms with Crippen molar-refractivity contribution < 1.29 is 9.47 Å². The molecule has 3 nitrogen and oxygen atoms in total. The van der Waals surface area contributed by atoms with Crippen molar-refractivity contribution in [3.63, 3.8) is 0 Å². The van der Waals surface area contributed by atoms with Gasteiger partial charge in [0.2, 0.25) is 0 Å². The van der Waals surface area contributed by atoms with Crippen molar-refractivity contribution in [2.24, 2.45) is 0 Å². The highest BCUT2D eigenvalue weighted by Gasteiger charge is 2.14. The van der Waals surface area contributed by atoms with Crippen LogP contribution in [0.1, 0.15) is 38.3 Å². The van der Waals surface area contributed by atoms with E-state index in [2.05, 4.69) is 31.3 Å². The molecule has 2 atom stereocenters. The van der Waals surface area contributed by atoms with Crippen LogP contribution in [0.3, 0.4) is 0 Å². The molecule has 0 aromatic heterocycles. The summed E-state index contributed by atoms with van der Waals surface area (Å²) in [5.74, 6) is 0.900. The maximum Gasteiger partial charge on any atom is 0.118 e. The molecule has 0 saturated heterocycles. The zero-order valence-corrected chi connectivity index (χ0v) is 11.9. The Morgan fingerprint density at radius 1 is 1.06 bits per heavy atom. The molecular weight excluding hydrogens is 226 g/mol. The Kier molecular flexibility index (Phi) is 6.76. The highest BCUT2D eigenvalue weighted by atomic mass is 16.5. The predicted molar refractivity (Wildman–Crippen MR) is 75.1 cm³/mol. The van der Waals surface area contributed by atoms with Crippen LogP contribution >= 0.6 is 0 Å². The number of benzene rings is 1. The zero-order chi connectivity index (χ0) is 13.4. The summed E-state index contributed by atoms with van der Waals surface area (Å²) >= 11 is 0. The first kappa shape index (κ1) is 15.0. The number of methoxy groups -OCH3 is 2. The fraction of sp³-hybridized carbons (Fsp3) is 0.600. The molecule has 102 valence electrons. The van der Waals surface area contributed by atoms with Crippen LogP contribution in [0, 0.1) is 0 Å². The second-order valence-electron chi connectivity index (χ2n) is 4.46. The molecule has 0 heterocycles. The van der Waals surface area contributed by atoms with Gasteiger partial charge in [0.1, 0.15) is 5.75 Å². The van der Waals surface area contributed by atoms with Crippen molar-refractivity contribution >= 4 is 0 Å². The van der Waals surface area contributed by atoms with Gasteiger partial charge in [-0.1, -0.05) is 26.0 Å². The molecule has 0 fully saturated rings. The number of hydrogen-bond donors (Lipinski definition) is 1. The second-order valence-corrected chi connectivity index (χ2v) is 4.46. The molecule has 0 aliphatic rings. The Balaban J connectivity index is 2.68. The van der Waals surface area contributed by atoms with E-state index in [9.17, 15) is 0 Å². The molecule has 0 spiro atoms. The molecule has 1 aromatic carbocycles. The van der Waals surface area contributed by atoms with Crippen LogP contribution < -0.4 is 10.1 Å². The summed E-state index contributed by atoms with van der Waals surface area (Å²) in [5, 5.41) is 3.64. The third-order valence-corrected chi connectivity index (χ3v) is 3.22. The molecule has 0 saturated carbocycles. The Bertz CT molecular complexity index is 324. The lowest BCUT2D eigenvalue weighted by atomic mass is 10.0. The largest absolute Gasteiger partial charge is 0.497 e. The third kappa shape index (κ3) is 4.31. The summed E-state index contributed by atoms with van der Waals surface area (Å²) in [6.07, 6.45) is 2.13. The maximum absolute atomic E-state index is 5.23. The topological polar surface area (TPSA) is 30.5 Å². The monoisotopic (exact) mass is 251 g/mol. The highest BCUT2D eigenvalue weighted by Crippen LogP contribution is 2.21. The van der Waals surface area contributed by atoms with Gasteiger partial charge in [0, 0.05) is 19.2 Å². The molecule has 0 amide bonds. The van der Waals surface area contributed by atoms with Crippen LogP contribution in [0.2, 0.25) is 0 Å². The lowest BCUT2D eigenvalue weighted by Crippen LogP contribution is -2.35. The van der Waals surface area contributed by atoms with Gasteiger partial charge in [-0.3, -0.25) is 0 Å². The molecular formula is C15H25NO2. The van der Waals surface area contributed by atoms with Crippen LogP contribution in [-0.4, -0.2) is 26.9 Å². The summed E-state index contributed by atoms with van der Waals surface area (Å²) in [5.41, 5.74) is 1.30. The van der Waals surface area contributed by atoms with Crippen molar-refractivity contribution in [3.8, 4) is 5.75 Å². The fourth-order valence-electron chi connectivity index (χ4n) is 2.06. The zero-order valence-electron chi connectivity index (χ0n) is 11.9. The van der Waals surface area contributed by atoms with E-state index in [0.717, 1.165) is 25.2 Å². The van der Waals surface area contributed by atoms with Gasteiger partial charge in [-0.25, -0.2) is 0 Å². The van der Waals surface area contributed by atoms with Gasteiger partial charge in [0.05, 0.1) is 13.7 Å². The quantitative estimate of drug-likeness (QED) is 0.770. The Hall–Kier alpha value is -1.06. The average Bonchev–Trinajstić information content (AvgIpc) is 2.43. The van der Waals surface area contributed by atoms with E-state index in [-0.39, 0.29) is 0 Å². The van der Waals surface area contributed by atoms with E-state index < -0.39 is 0 Å². The van der Waals surface area contributed by atoms with Gasteiger partial charge >= 0.3 is 0 Å². The number of ether oxygens (including phenoxy) is 2. The minimum atomic E-state index is 0.371. The van der Waals surface area contributed by atoms with E-state index in [0.29, 0.717) is 12.1 Å². The predicted octanol–water partition coefficient (Wildman–Crippen LogP) is 3.16. The Morgan fingerprint density at radius 2 is 1.72 bits per heavy atom. The molecule has 2 unspecified atom stereocenters. The molecule has 0 bridgehead atoms. The van der Waals surface area contributed by atoms with Crippen LogP contribution in [-0.2, 0) is 4.74 Å². The second kappa shape index (κ2) is 8.11. The first-order valence-electron chi connectivity index (χ1n) is 6.64. The summed E-state index contributed by atoms with van der Waals surface area (Å²) in [7, 11) is 3.44. The molecule has 1 rings (SSSR count). The molecule has 1 aromatic rings. The van der Waals surface area contributed by atoms with Gasteiger partial charge in [0.25, 0.3) is 0 Å². The maximum atomic E-state index is 5.23. The first-order chi connectivity index (χ1) is 8.74. The van der Waals surface area contributed by atoms with Crippen molar-refractivity contribution in [1.29, 1.82) is 0 Å². The molecule has 18 heavy (non-hydrogen) atoms. The van der Waals surface area contributed by atoms with Crippen molar-refractivity contribution in [2.75, 3.05) is 20.8 Å². The van der Waals surface area contributed by atoms with Crippen molar-refractivity contribution in [1.82, 2.24) is 5.32 Å². The van der Waals surface area contributed by atoms with Gasteiger partial charge in [-0.2, -0.15) is 0 Å². The average molecular weight is 251 g/mol. The van der Waals surface area contributed by atoms with Gasteiger partial charge in [-0.05, 0) is 30.5 Å². The molecule has 1 N–H and O–H groups in total. The number of rotatable bonds is 8. The fourth-order valence-corrected chi connectivity index (χ4v) is 2.06. The number of nitrogens with one attached hydrogen (secondary N) is 1. The van der Waals surface area contributed by atoms with Gasteiger partial charge in [-0.15, -0.1) is 0 Å². The summed E-state index contributed by atoms with van der Waals surface area (Å²) in [4.78, 5) is 0. The SMILES string of the molecule is CCC(COC)NC(CC)c1ccc(OC)cc1. The standard InChI is InChI=1S/C15H25NO2/c1-5-13(11-17-3)16-15(6-2)12-7-9-14(18-4)10-8-12/h7-10,13,15-16H,5-6,11H2,1-4H3. The Labute approximate surface area is 110 Å². The van der Waals surface area contributed by atoms with Gasteiger partial charge in [0.15, 0.2) is 0 Å². The van der Waals surface area contributed by atoms with E-state index in [1.807, 2.05) is 12.1 Å².